The van der Waals surface area contributed by atoms with Crippen LogP contribution in [0.3, 0.4) is 0 Å². The third kappa shape index (κ3) is 4.34. The molecule has 2 atom stereocenters. The van der Waals surface area contributed by atoms with Gasteiger partial charge < -0.3 is 20.1 Å². The van der Waals surface area contributed by atoms with Crippen LogP contribution in [0.4, 0.5) is 24.7 Å². The van der Waals surface area contributed by atoms with E-state index in [9.17, 15) is 18.0 Å². The molecule has 1 amide bonds. The zero-order chi connectivity index (χ0) is 22.9. The lowest BCUT2D eigenvalue weighted by molar-refractivity contribution is -0.173. The molecule has 168 valence electrons. The Bertz CT molecular complexity index is 1100. The first-order valence-corrected chi connectivity index (χ1v) is 9.80. The second-order valence-electron chi connectivity index (χ2n) is 7.31. The van der Waals surface area contributed by atoms with Gasteiger partial charge in [0, 0.05) is 18.2 Å². The van der Waals surface area contributed by atoms with Crippen LogP contribution in [-0.2, 0) is 0 Å². The van der Waals surface area contributed by atoms with E-state index in [1.54, 1.807) is 48.5 Å². The van der Waals surface area contributed by atoms with Gasteiger partial charge in [-0.25, -0.2) is 4.68 Å². The molecule has 32 heavy (non-hydrogen) atoms. The number of ether oxygens (including phenoxy) is 2. The predicted molar refractivity (Wildman–Crippen MR) is 112 cm³/mol. The number of halogens is 3. The lowest BCUT2D eigenvalue weighted by Gasteiger charge is -2.33. The highest BCUT2D eigenvalue weighted by atomic mass is 19.4. The van der Waals surface area contributed by atoms with E-state index in [0.717, 1.165) is 4.68 Å². The number of rotatable bonds is 5. The largest absolute Gasteiger partial charge is 0.497 e. The summed E-state index contributed by atoms with van der Waals surface area (Å²) < 4.78 is 52.5. The molecule has 7 nitrogen and oxygen atoms in total. The Labute approximate surface area is 182 Å². The summed E-state index contributed by atoms with van der Waals surface area (Å²) in [4.78, 5) is 12.6. The molecule has 4 rings (SSSR count). The number of hydrogen-bond acceptors (Lipinski definition) is 5. The number of benzene rings is 2. The molecule has 1 aliphatic rings. The zero-order valence-corrected chi connectivity index (χ0v) is 17.3. The van der Waals surface area contributed by atoms with E-state index >= 15 is 0 Å². The molecule has 10 heteroatoms. The molecular formula is C22H21F3N4O3. The average molecular weight is 446 g/mol. The summed E-state index contributed by atoms with van der Waals surface area (Å²) in [5.74, 6) is 0.738. The van der Waals surface area contributed by atoms with Crippen LogP contribution in [0.15, 0.2) is 54.6 Å². The maximum Gasteiger partial charge on any atom is 0.410 e. The first-order chi connectivity index (χ1) is 15.3. The van der Waals surface area contributed by atoms with Crippen molar-refractivity contribution in [3.8, 4) is 11.5 Å². The molecule has 1 aliphatic heterocycles. The summed E-state index contributed by atoms with van der Waals surface area (Å²) in [6, 6.07) is 12.3. The van der Waals surface area contributed by atoms with Crippen molar-refractivity contribution in [3.05, 3.63) is 65.9 Å². The fourth-order valence-electron chi connectivity index (χ4n) is 3.61. The normalized spacial score (nSPS) is 17.8. The number of methoxy groups -OCH3 is 2. The molecule has 0 saturated heterocycles. The van der Waals surface area contributed by atoms with Crippen molar-refractivity contribution in [1.29, 1.82) is 0 Å². The van der Waals surface area contributed by atoms with Crippen LogP contribution < -0.4 is 20.1 Å². The summed E-state index contributed by atoms with van der Waals surface area (Å²) in [6.45, 7) is 0. The van der Waals surface area contributed by atoms with Gasteiger partial charge in [0.05, 0.1) is 20.3 Å². The molecule has 1 aromatic heterocycles. The Morgan fingerprint density at radius 3 is 2.22 bits per heavy atom. The van der Waals surface area contributed by atoms with Gasteiger partial charge in [0.15, 0.2) is 11.7 Å². The molecule has 0 spiro atoms. The van der Waals surface area contributed by atoms with Gasteiger partial charge >= 0.3 is 6.18 Å². The molecule has 2 N–H and O–H groups in total. The maximum atomic E-state index is 13.8. The minimum Gasteiger partial charge on any atom is -0.497 e. The predicted octanol–water partition coefficient (Wildman–Crippen LogP) is 4.81. The van der Waals surface area contributed by atoms with Crippen molar-refractivity contribution in [1.82, 2.24) is 9.78 Å². The summed E-state index contributed by atoms with van der Waals surface area (Å²) in [6.07, 6.45) is -4.79. The highest BCUT2D eigenvalue weighted by molar-refractivity contribution is 6.03. The Kier molecular flexibility index (Phi) is 5.68. The number of fused-ring (bicyclic) bond motifs is 1. The standard InChI is InChI=1S/C22H21F3N4O3/c1-31-15-7-3-13(4-8-15)17-11-19(22(23,24)25)29-20(27-17)12-18(28-29)21(30)26-14-5-9-16(32-2)10-6-14/h3-10,12,17,19,27H,11H2,1-2H3,(H,26,30)/t17-,19+/m0/s1. The third-order valence-corrected chi connectivity index (χ3v) is 5.29. The maximum absolute atomic E-state index is 13.8. The Balaban J connectivity index is 1.60. The number of hydrogen-bond donors (Lipinski definition) is 2. The quantitative estimate of drug-likeness (QED) is 0.588. The highest BCUT2D eigenvalue weighted by Crippen LogP contribution is 2.43. The number of anilines is 2. The van der Waals surface area contributed by atoms with Crippen LogP contribution in [0.1, 0.15) is 34.6 Å². The van der Waals surface area contributed by atoms with Gasteiger partial charge in [-0.3, -0.25) is 4.79 Å². The van der Waals surface area contributed by atoms with Crippen molar-refractivity contribution in [3.63, 3.8) is 0 Å². The lowest BCUT2D eigenvalue weighted by atomic mass is 9.97. The van der Waals surface area contributed by atoms with Gasteiger partial charge in [-0.15, -0.1) is 0 Å². The monoisotopic (exact) mass is 446 g/mol. The Morgan fingerprint density at radius 1 is 1.06 bits per heavy atom. The Morgan fingerprint density at radius 2 is 1.66 bits per heavy atom. The number of amides is 1. The zero-order valence-electron chi connectivity index (χ0n) is 17.3. The second kappa shape index (κ2) is 8.45. The first kappa shape index (κ1) is 21.5. The van der Waals surface area contributed by atoms with E-state index in [4.69, 9.17) is 9.47 Å². The summed E-state index contributed by atoms with van der Waals surface area (Å²) in [5, 5.41) is 9.67. The number of nitrogens with one attached hydrogen (secondary N) is 2. The number of alkyl halides is 3. The van der Waals surface area contributed by atoms with Crippen LogP contribution in [0.25, 0.3) is 0 Å². The third-order valence-electron chi connectivity index (χ3n) is 5.29. The molecule has 0 unspecified atom stereocenters. The van der Waals surface area contributed by atoms with Crippen LogP contribution >= 0.6 is 0 Å². The Hall–Kier alpha value is -3.69. The van der Waals surface area contributed by atoms with Crippen molar-refractivity contribution in [2.24, 2.45) is 0 Å². The van der Waals surface area contributed by atoms with Crippen molar-refractivity contribution in [2.45, 2.75) is 24.7 Å². The van der Waals surface area contributed by atoms with E-state index < -0.39 is 24.2 Å². The minimum absolute atomic E-state index is 0.118. The fraction of sp³-hybridized carbons (Fsp3) is 0.273. The molecule has 0 bridgehead atoms. The van der Waals surface area contributed by atoms with E-state index in [-0.39, 0.29) is 17.9 Å². The van der Waals surface area contributed by atoms with Crippen molar-refractivity contribution < 1.29 is 27.4 Å². The molecule has 0 fully saturated rings. The summed E-state index contributed by atoms with van der Waals surface area (Å²) in [7, 11) is 3.04. The second-order valence-corrected chi connectivity index (χ2v) is 7.31. The van der Waals surface area contributed by atoms with Gasteiger partial charge in [-0.2, -0.15) is 18.3 Å². The van der Waals surface area contributed by atoms with Crippen molar-refractivity contribution >= 4 is 17.4 Å². The van der Waals surface area contributed by atoms with E-state index in [2.05, 4.69) is 15.7 Å². The summed E-state index contributed by atoms with van der Waals surface area (Å²) >= 11 is 0. The molecule has 2 heterocycles. The summed E-state index contributed by atoms with van der Waals surface area (Å²) in [5.41, 5.74) is 1.03. The smallest absolute Gasteiger partial charge is 0.410 e. The number of carbonyl (C=O) groups is 1. The van der Waals surface area contributed by atoms with Gasteiger partial charge in [-0.05, 0) is 42.0 Å². The lowest BCUT2D eigenvalue weighted by Crippen LogP contribution is -2.35. The molecule has 2 aromatic carbocycles. The van der Waals surface area contributed by atoms with Gasteiger partial charge in [-0.1, -0.05) is 12.1 Å². The molecule has 0 saturated carbocycles. The van der Waals surface area contributed by atoms with Gasteiger partial charge in [0.25, 0.3) is 5.91 Å². The van der Waals surface area contributed by atoms with Crippen LogP contribution in [0, 0.1) is 0 Å². The van der Waals surface area contributed by atoms with Crippen LogP contribution in [0.5, 0.6) is 11.5 Å². The molecule has 0 radical (unpaired) electrons. The minimum atomic E-state index is -4.53. The number of aromatic nitrogens is 2. The van der Waals surface area contributed by atoms with Crippen LogP contribution in [-0.4, -0.2) is 36.1 Å². The molecular weight excluding hydrogens is 425 g/mol. The highest BCUT2D eigenvalue weighted by Gasteiger charge is 2.46. The SMILES string of the molecule is COc1ccc(NC(=O)c2cc3n(n2)[C@@H](C(F)(F)F)C[C@@H](c2ccc(OC)cc2)N3)cc1. The molecule has 3 aromatic rings. The topological polar surface area (TPSA) is 77.4 Å². The average Bonchev–Trinajstić information content (AvgIpc) is 3.22. The van der Waals surface area contributed by atoms with Gasteiger partial charge in [0.1, 0.15) is 17.3 Å². The first-order valence-electron chi connectivity index (χ1n) is 9.80. The molecule has 0 aliphatic carbocycles. The van der Waals surface area contributed by atoms with E-state index in [1.807, 2.05) is 0 Å². The van der Waals surface area contributed by atoms with E-state index in [1.165, 1.54) is 20.3 Å². The van der Waals surface area contributed by atoms with Crippen molar-refractivity contribution in [2.75, 3.05) is 24.9 Å². The van der Waals surface area contributed by atoms with E-state index in [0.29, 0.717) is 22.7 Å². The van der Waals surface area contributed by atoms with Gasteiger partial charge in [0.2, 0.25) is 0 Å². The number of nitrogens with zero attached hydrogens (tertiary/aromatic N) is 2. The number of carbonyl (C=O) groups excluding carboxylic acids is 1. The fourth-order valence-corrected chi connectivity index (χ4v) is 3.61. The van der Waals surface area contributed by atoms with Crippen LogP contribution in [0.2, 0.25) is 0 Å².